The lowest BCUT2D eigenvalue weighted by molar-refractivity contribution is -0.123. The lowest BCUT2D eigenvalue weighted by Gasteiger charge is -2.19. The highest BCUT2D eigenvalue weighted by Gasteiger charge is 2.23. The molecule has 1 aliphatic rings. The van der Waals surface area contributed by atoms with Gasteiger partial charge in [0.25, 0.3) is 5.91 Å². The number of thioether (sulfide) groups is 1. The van der Waals surface area contributed by atoms with Crippen molar-refractivity contribution in [1.29, 1.82) is 0 Å². The fourth-order valence-electron chi connectivity index (χ4n) is 2.28. The molecule has 2 rings (SSSR count). The van der Waals surface area contributed by atoms with E-state index in [1.165, 1.54) is 6.26 Å². The molecule has 2 amide bonds. The lowest BCUT2D eigenvalue weighted by atomic mass is 10.2. The summed E-state index contributed by atoms with van der Waals surface area (Å²) in [5, 5.41) is 5.60. The number of furan rings is 1. The molecule has 0 aliphatic carbocycles. The van der Waals surface area contributed by atoms with Gasteiger partial charge in [-0.15, -0.1) is 0 Å². The molecule has 0 aromatic carbocycles. The summed E-state index contributed by atoms with van der Waals surface area (Å²) in [5.41, 5.74) is 0. The van der Waals surface area contributed by atoms with Crippen molar-refractivity contribution in [3.05, 3.63) is 24.2 Å². The predicted molar refractivity (Wildman–Crippen MR) is 84.9 cm³/mol. The Hall–Kier alpha value is -1.47. The first-order valence-electron chi connectivity index (χ1n) is 7.43. The molecule has 0 spiro atoms. The van der Waals surface area contributed by atoms with E-state index in [9.17, 15) is 9.59 Å². The Balaban J connectivity index is 1.86. The van der Waals surface area contributed by atoms with Crippen molar-refractivity contribution in [3.8, 4) is 0 Å². The maximum absolute atomic E-state index is 12.3. The van der Waals surface area contributed by atoms with Crippen molar-refractivity contribution in [2.75, 3.05) is 25.2 Å². The Morgan fingerprint density at radius 1 is 1.50 bits per heavy atom. The molecule has 1 fully saturated rings. The van der Waals surface area contributed by atoms with Gasteiger partial charge >= 0.3 is 0 Å². The SMILES string of the molecule is CSCC[C@H](NC(=O)c1ccco1)C(=O)NC[C@H]1CCCO1. The summed E-state index contributed by atoms with van der Waals surface area (Å²) in [5.74, 6) is 0.449. The van der Waals surface area contributed by atoms with E-state index < -0.39 is 6.04 Å². The van der Waals surface area contributed by atoms with Crippen LogP contribution >= 0.6 is 11.8 Å². The van der Waals surface area contributed by atoms with Crippen LogP contribution in [0.3, 0.4) is 0 Å². The summed E-state index contributed by atoms with van der Waals surface area (Å²) in [4.78, 5) is 24.3. The maximum atomic E-state index is 12.3. The Bertz CT molecular complexity index is 472. The van der Waals surface area contributed by atoms with Crippen LogP contribution in [0, 0.1) is 0 Å². The van der Waals surface area contributed by atoms with Gasteiger partial charge in [0.2, 0.25) is 5.91 Å². The van der Waals surface area contributed by atoms with Crippen LogP contribution in [-0.4, -0.2) is 49.1 Å². The fourth-order valence-corrected chi connectivity index (χ4v) is 2.76. The van der Waals surface area contributed by atoms with Crippen LogP contribution < -0.4 is 10.6 Å². The van der Waals surface area contributed by atoms with Crippen molar-refractivity contribution in [2.45, 2.75) is 31.4 Å². The van der Waals surface area contributed by atoms with Gasteiger partial charge in [-0.05, 0) is 43.4 Å². The van der Waals surface area contributed by atoms with Gasteiger partial charge in [0.15, 0.2) is 5.76 Å². The van der Waals surface area contributed by atoms with E-state index in [0.717, 1.165) is 25.2 Å². The molecule has 0 radical (unpaired) electrons. The zero-order valence-corrected chi connectivity index (χ0v) is 13.5. The molecular weight excluding hydrogens is 304 g/mol. The number of ether oxygens (including phenoxy) is 1. The molecule has 1 aromatic heterocycles. The largest absolute Gasteiger partial charge is 0.459 e. The molecule has 0 bridgehead atoms. The minimum atomic E-state index is -0.563. The number of rotatable bonds is 8. The molecule has 1 aliphatic heterocycles. The summed E-state index contributed by atoms with van der Waals surface area (Å²) >= 11 is 1.64. The van der Waals surface area contributed by atoms with Crippen molar-refractivity contribution in [2.24, 2.45) is 0 Å². The molecule has 2 N–H and O–H groups in total. The Morgan fingerprint density at radius 2 is 2.36 bits per heavy atom. The summed E-state index contributed by atoms with van der Waals surface area (Å²) in [6.07, 6.45) is 6.07. The van der Waals surface area contributed by atoms with Crippen LogP contribution in [0.4, 0.5) is 0 Å². The standard InChI is InChI=1S/C15H22N2O4S/c1-22-9-6-12(17-15(19)13-5-3-8-21-13)14(18)16-10-11-4-2-7-20-11/h3,5,8,11-12H,2,4,6-7,9-10H2,1H3,(H,16,18)(H,17,19)/t11-,12+/m1/s1. The van der Waals surface area contributed by atoms with E-state index in [4.69, 9.17) is 9.15 Å². The molecule has 0 unspecified atom stereocenters. The second-order valence-corrected chi connectivity index (χ2v) is 6.15. The number of amides is 2. The lowest BCUT2D eigenvalue weighted by Crippen LogP contribution is -2.48. The van der Waals surface area contributed by atoms with Gasteiger partial charge in [0, 0.05) is 13.2 Å². The average molecular weight is 326 g/mol. The first kappa shape index (κ1) is 16.9. The number of hydrogen-bond donors (Lipinski definition) is 2. The van der Waals surface area contributed by atoms with Crippen LogP contribution in [0.25, 0.3) is 0 Å². The number of carbonyl (C=O) groups excluding carboxylic acids is 2. The zero-order valence-electron chi connectivity index (χ0n) is 12.7. The molecule has 1 aromatic rings. The molecule has 7 heteroatoms. The third-order valence-corrected chi connectivity index (χ3v) is 4.15. The van der Waals surface area contributed by atoms with E-state index in [-0.39, 0.29) is 23.7 Å². The molecule has 0 saturated carbocycles. The third kappa shape index (κ3) is 5.06. The zero-order chi connectivity index (χ0) is 15.8. The van der Waals surface area contributed by atoms with Crippen molar-refractivity contribution >= 4 is 23.6 Å². The van der Waals surface area contributed by atoms with Crippen LogP contribution in [0.2, 0.25) is 0 Å². The van der Waals surface area contributed by atoms with Gasteiger partial charge in [0.1, 0.15) is 6.04 Å². The molecular formula is C15H22N2O4S. The second-order valence-electron chi connectivity index (χ2n) is 5.17. The summed E-state index contributed by atoms with van der Waals surface area (Å²) < 4.78 is 10.5. The first-order valence-corrected chi connectivity index (χ1v) is 8.82. The van der Waals surface area contributed by atoms with E-state index >= 15 is 0 Å². The topological polar surface area (TPSA) is 80.6 Å². The average Bonchev–Trinajstić information content (AvgIpc) is 3.21. The van der Waals surface area contributed by atoms with Gasteiger partial charge in [0.05, 0.1) is 12.4 Å². The number of carbonyl (C=O) groups is 2. The van der Waals surface area contributed by atoms with Crippen molar-refractivity contribution < 1.29 is 18.7 Å². The molecule has 6 nitrogen and oxygen atoms in total. The van der Waals surface area contributed by atoms with Gasteiger partial charge in [-0.2, -0.15) is 11.8 Å². The van der Waals surface area contributed by atoms with E-state index in [0.29, 0.717) is 13.0 Å². The second kappa shape index (κ2) is 8.85. The smallest absolute Gasteiger partial charge is 0.287 e. The van der Waals surface area contributed by atoms with Crippen LogP contribution in [-0.2, 0) is 9.53 Å². The molecule has 122 valence electrons. The number of nitrogens with one attached hydrogen (secondary N) is 2. The fraction of sp³-hybridized carbons (Fsp3) is 0.600. The summed E-state index contributed by atoms with van der Waals surface area (Å²) in [6, 6.07) is 2.65. The molecule has 1 saturated heterocycles. The monoisotopic (exact) mass is 326 g/mol. The highest BCUT2D eigenvalue weighted by Crippen LogP contribution is 2.11. The van der Waals surface area contributed by atoms with Crippen LogP contribution in [0.15, 0.2) is 22.8 Å². The highest BCUT2D eigenvalue weighted by atomic mass is 32.2. The Kier molecular flexibility index (Phi) is 6.79. The minimum Gasteiger partial charge on any atom is -0.459 e. The minimum absolute atomic E-state index is 0.0888. The Morgan fingerprint density at radius 3 is 3.00 bits per heavy atom. The Labute approximate surface area is 134 Å². The van der Waals surface area contributed by atoms with Gasteiger partial charge in [-0.1, -0.05) is 0 Å². The summed E-state index contributed by atoms with van der Waals surface area (Å²) in [6.45, 7) is 1.25. The molecule has 2 heterocycles. The first-order chi connectivity index (χ1) is 10.7. The van der Waals surface area contributed by atoms with E-state index in [2.05, 4.69) is 10.6 Å². The predicted octanol–water partition coefficient (Wildman–Crippen LogP) is 1.43. The van der Waals surface area contributed by atoms with Gasteiger partial charge in [-0.3, -0.25) is 9.59 Å². The van der Waals surface area contributed by atoms with E-state index in [1.807, 2.05) is 6.26 Å². The van der Waals surface area contributed by atoms with Crippen molar-refractivity contribution in [1.82, 2.24) is 10.6 Å². The van der Waals surface area contributed by atoms with E-state index in [1.54, 1.807) is 23.9 Å². The quantitative estimate of drug-likeness (QED) is 0.755. The van der Waals surface area contributed by atoms with Crippen molar-refractivity contribution in [3.63, 3.8) is 0 Å². The van der Waals surface area contributed by atoms with Gasteiger partial charge in [-0.25, -0.2) is 0 Å². The normalized spacial score (nSPS) is 18.9. The summed E-state index contributed by atoms with van der Waals surface area (Å²) in [7, 11) is 0. The third-order valence-electron chi connectivity index (χ3n) is 3.51. The maximum Gasteiger partial charge on any atom is 0.287 e. The van der Waals surface area contributed by atoms with Gasteiger partial charge < -0.3 is 19.8 Å². The van der Waals surface area contributed by atoms with Crippen LogP contribution in [0.5, 0.6) is 0 Å². The van der Waals surface area contributed by atoms with Crippen LogP contribution in [0.1, 0.15) is 29.8 Å². The highest BCUT2D eigenvalue weighted by molar-refractivity contribution is 7.98. The molecule has 22 heavy (non-hydrogen) atoms. The molecule has 2 atom stereocenters. The number of hydrogen-bond acceptors (Lipinski definition) is 5.